The summed E-state index contributed by atoms with van der Waals surface area (Å²) in [7, 11) is -1.69. The largest absolute Gasteiger partial charge is 0.360 e. The monoisotopic (exact) mass is 333 g/mol. The summed E-state index contributed by atoms with van der Waals surface area (Å²) in [4.78, 5) is 0.121. The van der Waals surface area contributed by atoms with E-state index >= 15 is 0 Å². The van der Waals surface area contributed by atoms with Gasteiger partial charge in [-0.2, -0.15) is 0 Å². The number of rotatable bonds is 4. The quantitative estimate of drug-likeness (QED) is 0.796. The molecule has 0 saturated carbocycles. The molecule has 0 bridgehead atoms. The first kappa shape index (κ1) is 15.8. The van der Waals surface area contributed by atoms with Crippen LogP contribution in [0.1, 0.15) is 22.7 Å². The van der Waals surface area contributed by atoms with Gasteiger partial charge in [-0.1, -0.05) is 23.4 Å². The molecule has 0 radical (unpaired) electrons. The van der Waals surface area contributed by atoms with Gasteiger partial charge in [0.05, 0.1) is 0 Å². The molecule has 0 aliphatic rings. The lowest BCUT2D eigenvalue weighted by molar-refractivity contribution is 0.390. The summed E-state index contributed by atoms with van der Waals surface area (Å²) in [6.45, 7) is 5.42. The highest BCUT2D eigenvalue weighted by Gasteiger charge is 2.24. The van der Waals surface area contributed by atoms with Gasteiger partial charge in [0, 0.05) is 30.2 Å². The van der Waals surface area contributed by atoms with E-state index in [0.717, 1.165) is 22.2 Å². The topological polar surface area (TPSA) is 77.1 Å². The van der Waals surface area contributed by atoms with Crippen molar-refractivity contribution in [2.75, 3.05) is 0 Å². The van der Waals surface area contributed by atoms with E-state index in [1.807, 2.05) is 38.2 Å². The van der Waals surface area contributed by atoms with E-state index in [9.17, 15) is 8.42 Å². The van der Waals surface area contributed by atoms with E-state index in [1.54, 1.807) is 13.8 Å². The zero-order valence-electron chi connectivity index (χ0n) is 13.5. The minimum absolute atomic E-state index is 0.121. The number of para-hydroxylation sites is 1. The van der Waals surface area contributed by atoms with Crippen LogP contribution < -0.4 is 4.72 Å². The Balaban J connectivity index is 1.97. The van der Waals surface area contributed by atoms with Crippen LogP contribution in [0.5, 0.6) is 0 Å². The molecule has 2 aromatic heterocycles. The molecule has 0 unspecified atom stereocenters. The Bertz CT molecular complexity index is 964. The van der Waals surface area contributed by atoms with E-state index in [-0.39, 0.29) is 11.4 Å². The second-order valence-corrected chi connectivity index (χ2v) is 7.32. The summed E-state index contributed by atoms with van der Waals surface area (Å²) in [5, 5.41) is 4.76. The molecule has 1 N–H and O–H groups in total. The molecule has 0 amide bonds. The molecule has 3 aromatic rings. The van der Waals surface area contributed by atoms with Crippen LogP contribution in [0, 0.1) is 20.8 Å². The fourth-order valence-electron chi connectivity index (χ4n) is 2.92. The summed E-state index contributed by atoms with van der Waals surface area (Å²) in [5.41, 5.74) is 3.45. The van der Waals surface area contributed by atoms with Gasteiger partial charge in [-0.15, -0.1) is 0 Å². The number of hydrogen-bond donors (Lipinski definition) is 1. The normalized spacial score (nSPS) is 12.2. The zero-order chi connectivity index (χ0) is 16.8. The van der Waals surface area contributed by atoms with E-state index < -0.39 is 10.0 Å². The number of benzene rings is 1. The number of nitrogens with zero attached hydrogens (tertiary/aromatic N) is 2. The molecule has 0 aliphatic heterocycles. The molecule has 1 aromatic carbocycles. The van der Waals surface area contributed by atoms with Crippen molar-refractivity contribution in [3.05, 3.63) is 47.0 Å². The van der Waals surface area contributed by atoms with Gasteiger partial charge in [0.1, 0.15) is 10.6 Å². The summed E-state index contributed by atoms with van der Waals surface area (Å²) in [6, 6.07) is 7.95. The first-order valence-corrected chi connectivity index (χ1v) is 8.76. The van der Waals surface area contributed by atoms with Gasteiger partial charge in [0.25, 0.3) is 0 Å². The SMILES string of the molecule is Cc1noc(C)c1S(=O)(=O)NCc1c(C)n(C)c2ccccc12. The molecule has 6 nitrogen and oxygen atoms in total. The molecule has 0 atom stereocenters. The van der Waals surface area contributed by atoms with Gasteiger partial charge in [-0.05, 0) is 32.4 Å². The van der Waals surface area contributed by atoms with E-state index in [4.69, 9.17) is 4.52 Å². The third-order valence-corrected chi connectivity index (χ3v) is 5.85. The molecule has 0 saturated heterocycles. The fraction of sp³-hybridized carbons (Fsp3) is 0.312. The highest BCUT2D eigenvalue weighted by Crippen LogP contribution is 2.25. The number of nitrogens with one attached hydrogen (secondary N) is 1. The van der Waals surface area contributed by atoms with Gasteiger partial charge in [0.15, 0.2) is 5.76 Å². The summed E-state index contributed by atoms with van der Waals surface area (Å²) in [6.07, 6.45) is 0. The average molecular weight is 333 g/mol. The van der Waals surface area contributed by atoms with Gasteiger partial charge < -0.3 is 9.09 Å². The van der Waals surface area contributed by atoms with Gasteiger partial charge in [-0.25, -0.2) is 13.1 Å². The lowest BCUT2D eigenvalue weighted by Crippen LogP contribution is -2.24. The Morgan fingerprint density at radius 1 is 1.22 bits per heavy atom. The van der Waals surface area contributed by atoms with Crippen molar-refractivity contribution in [1.29, 1.82) is 0 Å². The Labute approximate surface area is 135 Å². The van der Waals surface area contributed by atoms with Gasteiger partial charge in [-0.3, -0.25) is 0 Å². The number of aryl methyl sites for hydroxylation is 3. The first-order valence-electron chi connectivity index (χ1n) is 7.28. The molecule has 7 heteroatoms. The van der Waals surface area contributed by atoms with Crippen LogP contribution in [-0.4, -0.2) is 18.1 Å². The van der Waals surface area contributed by atoms with Crippen molar-refractivity contribution < 1.29 is 12.9 Å². The smallest absolute Gasteiger partial charge is 0.246 e. The van der Waals surface area contributed by atoms with Gasteiger partial charge >= 0.3 is 0 Å². The van der Waals surface area contributed by atoms with Crippen molar-refractivity contribution in [3.8, 4) is 0 Å². The lowest BCUT2D eigenvalue weighted by Gasteiger charge is -2.07. The maximum atomic E-state index is 12.5. The summed E-state index contributed by atoms with van der Waals surface area (Å²) >= 11 is 0. The number of fused-ring (bicyclic) bond motifs is 1. The second-order valence-electron chi connectivity index (χ2n) is 5.62. The highest BCUT2D eigenvalue weighted by molar-refractivity contribution is 7.89. The van der Waals surface area contributed by atoms with Crippen LogP contribution in [0.15, 0.2) is 33.7 Å². The van der Waals surface area contributed by atoms with Crippen LogP contribution in [0.2, 0.25) is 0 Å². The zero-order valence-corrected chi connectivity index (χ0v) is 14.4. The van der Waals surface area contributed by atoms with Crippen molar-refractivity contribution in [1.82, 2.24) is 14.4 Å². The Kier molecular flexibility index (Phi) is 3.77. The molecule has 2 heterocycles. The third-order valence-electron chi connectivity index (χ3n) is 4.21. The minimum atomic E-state index is -3.67. The Morgan fingerprint density at radius 3 is 2.57 bits per heavy atom. The molecule has 0 aliphatic carbocycles. The minimum Gasteiger partial charge on any atom is -0.360 e. The van der Waals surface area contributed by atoms with Crippen LogP contribution in [0.3, 0.4) is 0 Å². The molecular formula is C16H19N3O3S. The standard InChI is InChI=1S/C16H19N3O3S/c1-10-16(12(3)22-18-10)23(20,21)17-9-14-11(2)19(4)15-8-6-5-7-13(14)15/h5-8,17H,9H2,1-4H3. The van der Waals surface area contributed by atoms with E-state index in [1.165, 1.54) is 0 Å². The van der Waals surface area contributed by atoms with Crippen LogP contribution in [0.25, 0.3) is 10.9 Å². The molecular weight excluding hydrogens is 314 g/mol. The van der Waals surface area contributed by atoms with Crippen LogP contribution in [-0.2, 0) is 23.6 Å². The lowest BCUT2D eigenvalue weighted by atomic mass is 10.1. The summed E-state index contributed by atoms with van der Waals surface area (Å²) in [5.74, 6) is 0.296. The first-order chi connectivity index (χ1) is 10.8. The van der Waals surface area contributed by atoms with Crippen LogP contribution in [0.4, 0.5) is 0 Å². The van der Waals surface area contributed by atoms with E-state index in [0.29, 0.717) is 11.5 Å². The van der Waals surface area contributed by atoms with Crippen molar-refractivity contribution in [3.63, 3.8) is 0 Å². The average Bonchev–Trinajstić information content (AvgIpc) is 2.97. The predicted molar refractivity (Wildman–Crippen MR) is 87.7 cm³/mol. The maximum Gasteiger partial charge on any atom is 0.246 e. The maximum absolute atomic E-state index is 12.5. The predicted octanol–water partition coefficient (Wildman–Crippen LogP) is 2.57. The Morgan fingerprint density at radius 2 is 1.91 bits per heavy atom. The van der Waals surface area contributed by atoms with Gasteiger partial charge in [0.2, 0.25) is 10.0 Å². The molecule has 0 fully saturated rings. The number of aromatic nitrogens is 2. The third kappa shape index (κ3) is 2.55. The van der Waals surface area contributed by atoms with Crippen molar-refractivity contribution in [2.45, 2.75) is 32.2 Å². The Hall–Kier alpha value is -2.12. The fourth-order valence-corrected chi connectivity index (χ4v) is 4.24. The molecule has 3 rings (SSSR count). The molecule has 0 spiro atoms. The summed E-state index contributed by atoms with van der Waals surface area (Å²) < 4.78 is 34.8. The second kappa shape index (κ2) is 5.50. The van der Waals surface area contributed by atoms with E-state index in [2.05, 4.69) is 14.4 Å². The number of hydrogen-bond acceptors (Lipinski definition) is 4. The highest BCUT2D eigenvalue weighted by atomic mass is 32.2. The van der Waals surface area contributed by atoms with Crippen molar-refractivity contribution in [2.24, 2.45) is 7.05 Å². The molecule has 122 valence electrons. The van der Waals surface area contributed by atoms with Crippen molar-refractivity contribution >= 4 is 20.9 Å². The number of sulfonamides is 1. The van der Waals surface area contributed by atoms with Crippen LogP contribution >= 0.6 is 0 Å². The molecule has 23 heavy (non-hydrogen) atoms.